The van der Waals surface area contributed by atoms with Gasteiger partial charge in [-0.05, 0) is 19.0 Å². The van der Waals surface area contributed by atoms with Crippen LogP contribution in [0.2, 0.25) is 0 Å². The number of hydrogen-bond donors (Lipinski definition) is 1. The fourth-order valence-electron chi connectivity index (χ4n) is 3.12. The molecule has 1 heterocycles. The van der Waals surface area contributed by atoms with Crippen LogP contribution in [0.3, 0.4) is 0 Å². The Kier molecular flexibility index (Phi) is 5.37. The maximum absolute atomic E-state index is 6.00. The summed E-state index contributed by atoms with van der Waals surface area (Å²) < 4.78 is 0. The predicted octanol–water partition coefficient (Wildman–Crippen LogP) is 2.10. The Balaban J connectivity index is 2.18. The molecule has 19 heavy (non-hydrogen) atoms. The van der Waals surface area contributed by atoms with E-state index < -0.39 is 0 Å². The van der Waals surface area contributed by atoms with E-state index in [2.05, 4.69) is 54.1 Å². The molecule has 2 rings (SSSR count). The topological polar surface area (TPSA) is 32.5 Å². The second kappa shape index (κ2) is 7.04. The number of nitrogens with zero attached hydrogens (tertiary/aromatic N) is 2. The van der Waals surface area contributed by atoms with Gasteiger partial charge >= 0.3 is 0 Å². The van der Waals surface area contributed by atoms with E-state index in [9.17, 15) is 0 Å². The Morgan fingerprint density at radius 2 is 2.00 bits per heavy atom. The molecule has 2 atom stereocenters. The van der Waals surface area contributed by atoms with Crippen LogP contribution in [-0.4, -0.2) is 49.1 Å². The first-order valence-electron chi connectivity index (χ1n) is 7.45. The number of hydrogen-bond acceptors (Lipinski definition) is 3. The van der Waals surface area contributed by atoms with Crippen LogP contribution < -0.4 is 5.73 Å². The van der Waals surface area contributed by atoms with Crippen LogP contribution in [0.1, 0.15) is 31.4 Å². The molecule has 0 bridgehead atoms. The van der Waals surface area contributed by atoms with Crippen LogP contribution in [-0.2, 0) is 0 Å². The molecule has 1 aromatic carbocycles. The van der Waals surface area contributed by atoms with Crippen molar-refractivity contribution in [3.05, 3.63) is 35.9 Å². The Morgan fingerprint density at radius 1 is 1.26 bits per heavy atom. The molecule has 0 aliphatic carbocycles. The van der Waals surface area contributed by atoms with Gasteiger partial charge in [0.2, 0.25) is 0 Å². The number of piperazine rings is 1. The van der Waals surface area contributed by atoms with Crippen molar-refractivity contribution in [3.8, 4) is 0 Å². The summed E-state index contributed by atoms with van der Waals surface area (Å²) in [6.07, 6.45) is 2.42. The highest BCUT2D eigenvalue weighted by atomic mass is 15.3. The molecule has 2 unspecified atom stereocenters. The van der Waals surface area contributed by atoms with Gasteiger partial charge in [-0.3, -0.25) is 4.90 Å². The van der Waals surface area contributed by atoms with Gasteiger partial charge in [0, 0.05) is 38.3 Å². The minimum atomic E-state index is 0.482. The summed E-state index contributed by atoms with van der Waals surface area (Å²) >= 11 is 0. The first kappa shape index (κ1) is 14.5. The first-order chi connectivity index (χ1) is 9.26. The van der Waals surface area contributed by atoms with Crippen LogP contribution >= 0.6 is 0 Å². The summed E-state index contributed by atoms with van der Waals surface area (Å²) in [4.78, 5) is 5.01. The van der Waals surface area contributed by atoms with E-state index in [1.807, 2.05) is 0 Å². The summed E-state index contributed by atoms with van der Waals surface area (Å²) in [5.74, 6) is 0. The molecule has 1 aliphatic heterocycles. The van der Waals surface area contributed by atoms with Crippen LogP contribution in [0.15, 0.2) is 30.3 Å². The third-order valence-corrected chi connectivity index (χ3v) is 4.15. The Bertz CT molecular complexity index is 366. The van der Waals surface area contributed by atoms with Gasteiger partial charge in [0.1, 0.15) is 0 Å². The van der Waals surface area contributed by atoms with E-state index in [4.69, 9.17) is 5.73 Å². The lowest BCUT2D eigenvalue weighted by Gasteiger charge is -2.44. The summed E-state index contributed by atoms with van der Waals surface area (Å²) in [7, 11) is 2.19. The molecule has 0 saturated carbocycles. The lowest BCUT2D eigenvalue weighted by Crippen LogP contribution is -2.55. The van der Waals surface area contributed by atoms with E-state index in [1.165, 1.54) is 18.4 Å². The van der Waals surface area contributed by atoms with E-state index in [0.29, 0.717) is 12.1 Å². The summed E-state index contributed by atoms with van der Waals surface area (Å²) in [6, 6.07) is 11.9. The summed E-state index contributed by atoms with van der Waals surface area (Å²) in [6.45, 7) is 6.37. The molecule has 1 saturated heterocycles. The van der Waals surface area contributed by atoms with Crippen molar-refractivity contribution in [3.63, 3.8) is 0 Å². The molecular formula is C16H27N3. The van der Waals surface area contributed by atoms with Gasteiger partial charge in [-0.2, -0.15) is 0 Å². The maximum Gasteiger partial charge on any atom is 0.0352 e. The minimum absolute atomic E-state index is 0.482. The lowest BCUT2D eigenvalue weighted by atomic mass is 9.97. The van der Waals surface area contributed by atoms with Crippen molar-refractivity contribution in [1.29, 1.82) is 0 Å². The van der Waals surface area contributed by atoms with Crippen molar-refractivity contribution in [1.82, 2.24) is 9.80 Å². The molecule has 0 spiro atoms. The first-order valence-corrected chi connectivity index (χ1v) is 7.45. The zero-order chi connectivity index (χ0) is 13.7. The second-order valence-corrected chi connectivity index (χ2v) is 5.60. The van der Waals surface area contributed by atoms with E-state index in [1.54, 1.807) is 0 Å². The number of nitrogens with two attached hydrogens (primary N) is 1. The Hall–Kier alpha value is -0.900. The Labute approximate surface area is 117 Å². The average molecular weight is 261 g/mol. The van der Waals surface area contributed by atoms with Crippen molar-refractivity contribution in [2.24, 2.45) is 5.73 Å². The highest BCUT2D eigenvalue weighted by molar-refractivity contribution is 5.19. The lowest BCUT2D eigenvalue weighted by molar-refractivity contribution is 0.0516. The van der Waals surface area contributed by atoms with E-state index in [-0.39, 0.29) is 0 Å². The van der Waals surface area contributed by atoms with Crippen LogP contribution in [0, 0.1) is 0 Å². The van der Waals surface area contributed by atoms with Crippen molar-refractivity contribution >= 4 is 0 Å². The number of benzene rings is 1. The van der Waals surface area contributed by atoms with Crippen molar-refractivity contribution in [2.75, 3.05) is 33.2 Å². The van der Waals surface area contributed by atoms with Crippen LogP contribution in [0.4, 0.5) is 0 Å². The SMILES string of the molecule is CCCC(c1ccccc1)N1CCN(C)CC1CN. The largest absolute Gasteiger partial charge is 0.329 e. The Morgan fingerprint density at radius 3 is 2.63 bits per heavy atom. The van der Waals surface area contributed by atoms with Gasteiger partial charge in [0.05, 0.1) is 0 Å². The van der Waals surface area contributed by atoms with Gasteiger partial charge in [0.15, 0.2) is 0 Å². The molecule has 1 aliphatic rings. The third kappa shape index (κ3) is 3.56. The van der Waals surface area contributed by atoms with Crippen molar-refractivity contribution in [2.45, 2.75) is 31.8 Å². The molecular weight excluding hydrogens is 234 g/mol. The maximum atomic E-state index is 6.00. The van der Waals surface area contributed by atoms with Crippen molar-refractivity contribution < 1.29 is 0 Å². The van der Waals surface area contributed by atoms with E-state index >= 15 is 0 Å². The highest BCUT2D eigenvalue weighted by Crippen LogP contribution is 2.28. The molecule has 106 valence electrons. The number of likely N-dealkylation sites (N-methyl/N-ethyl adjacent to an activating group) is 1. The second-order valence-electron chi connectivity index (χ2n) is 5.60. The molecule has 0 amide bonds. The molecule has 2 N–H and O–H groups in total. The molecule has 3 nitrogen and oxygen atoms in total. The third-order valence-electron chi connectivity index (χ3n) is 4.15. The zero-order valence-corrected chi connectivity index (χ0v) is 12.3. The van der Waals surface area contributed by atoms with Gasteiger partial charge in [-0.15, -0.1) is 0 Å². The fraction of sp³-hybridized carbons (Fsp3) is 0.625. The summed E-state index contributed by atoms with van der Waals surface area (Å²) in [5, 5.41) is 0. The zero-order valence-electron chi connectivity index (χ0n) is 12.3. The molecule has 1 fully saturated rings. The molecule has 3 heteroatoms. The quantitative estimate of drug-likeness (QED) is 0.881. The van der Waals surface area contributed by atoms with Gasteiger partial charge in [-0.1, -0.05) is 43.7 Å². The highest BCUT2D eigenvalue weighted by Gasteiger charge is 2.30. The van der Waals surface area contributed by atoms with Gasteiger partial charge in [0.25, 0.3) is 0 Å². The standard InChI is InChI=1S/C16H27N3/c1-3-7-16(14-8-5-4-6-9-14)19-11-10-18(2)13-15(19)12-17/h4-6,8-9,15-16H,3,7,10-13,17H2,1-2H3. The van der Waals surface area contributed by atoms with Gasteiger partial charge < -0.3 is 10.6 Å². The number of rotatable bonds is 5. The average Bonchev–Trinajstić information content (AvgIpc) is 2.46. The van der Waals surface area contributed by atoms with Crippen LogP contribution in [0.25, 0.3) is 0 Å². The van der Waals surface area contributed by atoms with Gasteiger partial charge in [-0.25, -0.2) is 0 Å². The normalized spacial score (nSPS) is 23.4. The minimum Gasteiger partial charge on any atom is -0.329 e. The molecule has 0 aromatic heterocycles. The monoisotopic (exact) mass is 261 g/mol. The molecule has 1 aromatic rings. The predicted molar refractivity (Wildman–Crippen MR) is 81.1 cm³/mol. The fourth-order valence-corrected chi connectivity index (χ4v) is 3.12. The van der Waals surface area contributed by atoms with E-state index in [0.717, 1.165) is 26.2 Å². The van der Waals surface area contributed by atoms with Crippen LogP contribution in [0.5, 0.6) is 0 Å². The smallest absolute Gasteiger partial charge is 0.0352 e. The molecule has 0 radical (unpaired) electrons. The summed E-state index contributed by atoms with van der Waals surface area (Å²) in [5.41, 5.74) is 7.44.